The highest BCUT2D eigenvalue weighted by atomic mass is 79.9. The van der Waals surface area contributed by atoms with Crippen LogP contribution in [0, 0.1) is 0 Å². The van der Waals surface area contributed by atoms with Crippen LogP contribution in [0.25, 0.3) is 0 Å². The largest absolute Gasteiger partial charge is 0.370 e. The zero-order chi connectivity index (χ0) is 16.6. The lowest BCUT2D eigenvalue weighted by atomic mass is 10.1. The van der Waals surface area contributed by atoms with Gasteiger partial charge in [-0.2, -0.15) is 0 Å². The fourth-order valence-corrected chi connectivity index (χ4v) is 2.98. The topological polar surface area (TPSA) is 150 Å². The number of hydrogen-bond acceptors (Lipinski definition) is 6. The molecule has 2 aromatic heterocycles. The molecule has 1 amide bonds. The Hall–Kier alpha value is -2.01. The third kappa shape index (κ3) is 3.34. The van der Waals surface area contributed by atoms with E-state index in [9.17, 15) is 4.79 Å². The number of nitrogens with one attached hydrogen (secondary N) is 4. The fraction of sp³-hybridized carbons (Fsp3) is 0.250. The molecule has 3 rings (SSSR count). The Morgan fingerprint density at radius 3 is 2.74 bits per heavy atom. The van der Waals surface area contributed by atoms with Crippen LogP contribution >= 0.6 is 31.9 Å². The summed E-state index contributed by atoms with van der Waals surface area (Å²) in [5, 5.41) is 5.87. The SMILES string of the molecule is NC1=NC(c2cnc(N)[nH]2)[C@@H](CNC(=O)c2cc(Br)c(Br)[nH]2)N1. The van der Waals surface area contributed by atoms with Gasteiger partial charge in [-0.1, -0.05) is 0 Å². The first kappa shape index (κ1) is 15.9. The first-order valence-electron chi connectivity index (χ1n) is 6.66. The average Bonchev–Trinajstić information content (AvgIpc) is 3.17. The number of guanidine groups is 1. The number of aromatic amines is 2. The fourth-order valence-electron chi connectivity index (χ4n) is 2.32. The number of carbonyl (C=O) groups is 1. The lowest BCUT2D eigenvalue weighted by molar-refractivity contribution is 0.0945. The minimum Gasteiger partial charge on any atom is -0.370 e. The number of aliphatic imine (C=N–C) groups is 1. The Labute approximate surface area is 148 Å². The Morgan fingerprint density at radius 1 is 1.35 bits per heavy atom. The maximum Gasteiger partial charge on any atom is 0.267 e. The Morgan fingerprint density at radius 2 is 2.13 bits per heavy atom. The number of nitrogen functional groups attached to an aromatic ring is 1. The Bertz CT molecular complexity index is 747. The van der Waals surface area contributed by atoms with Crippen molar-refractivity contribution >= 4 is 49.7 Å². The minimum absolute atomic E-state index is 0.194. The van der Waals surface area contributed by atoms with Crippen molar-refractivity contribution in [1.29, 1.82) is 0 Å². The van der Waals surface area contributed by atoms with Crippen LogP contribution in [-0.4, -0.2) is 39.4 Å². The lowest BCUT2D eigenvalue weighted by Crippen LogP contribution is -2.44. The molecule has 0 saturated heterocycles. The maximum atomic E-state index is 12.2. The number of anilines is 1. The zero-order valence-corrected chi connectivity index (χ0v) is 14.9. The number of nitrogens with two attached hydrogens (primary N) is 2. The number of nitrogens with zero attached hydrogens (tertiary/aromatic N) is 2. The van der Waals surface area contributed by atoms with Crippen molar-refractivity contribution in [3.63, 3.8) is 0 Å². The molecule has 23 heavy (non-hydrogen) atoms. The highest BCUT2D eigenvalue weighted by Gasteiger charge is 2.30. The predicted octanol–water partition coefficient (Wildman–Crippen LogP) is 0.603. The second kappa shape index (κ2) is 6.24. The molecule has 11 heteroatoms. The number of aromatic nitrogens is 3. The number of rotatable bonds is 4. The highest BCUT2D eigenvalue weighted by Crippen LogP contribution is 2.24. The first-order chi connectivity index (χ1) is 10.9. The van der Waals surface area contributed by atoms with Crippen LogP contribution in [0.1, 0.15) is 22.2 Å². The Kier molecular flexibility index (Phi) is 4.31. The van der Waals surface area contributed by atoms with E-state index in [1.165, 1.54) is 0 Å². The minimum atomic E-state index is -0.290. The van der Waals surface area contributed by atoms with Gasteiger partial charge in [-0.15, -0.1) is 0 Å². The quantitative estimate of drug-likeness (QED) is 0.407. The van der Waals surface area contributed by atoms with Gasteiger partial charge < -0.3 is 32.1 Å². The van der Waals surface area contributed by atoms with Gasteiger partial charge in [-0.25, -0.2) is 9.98 Å². The van der Waals surface area contributed by atoms with Gasteiger partial charge in [0.05, 0.1) is 27.0 Å². The van der Waals surface area contributed by atoms with Crippen molar-refractivity contribution in [2.24, 2.45) is 10.7 Å². The van der Waals surface area contributed by atoms with Gasteiger partial charge in [-0.05, 0) is 37.9 Å². The van der Waals surface area contributed by atoms with E-state index in [0.29, 0.717) is 28.7 Å². The molecule has 1 aliphatic rings. The Balaban J connectivity index is 1.66. The van der Waals surface area contributed by atoms with E-state index >= 15 is 0 Å². The molecule has 0 spiro atoms. The summed E-state index contributed by atoms with van der Waals surface area (Å²) in [7, 11) is 0. The van der Waals surface area contributed by atoms with E-state index in [4.69, 9.17) is 11.5 Å². The summed E-state index contributed by atoms with van der Waals surface area (Å²) in [6.45, 7) is 0.334. The second-order valence-electron chi connectivity index (χ2n) is 4.99. The molecular weight excluding hydrogens is 432 g/mol. The van der Waals surface area contributed by atoms with Gasteiger partial charge in [0, 0.05) is 6.54 Å². The first-order valence-corrected chi connectivity index (χ1v) is 8.25. The molecule has 122 valence electrons. The van der Waals surface area contributed by atoms with E-state index in [0.717, 1.165) is 10.2 Å². The molecule has 9 nitrogen and oxygen atoms in total. The van der Waals surface area contributed by atoms with Gasteiger partial charge in [0.2, 0.25) is 0 Å². The van der Waals surface area contributed by atoms with E-state index in [1.54, 1.807) is 12.3 Å². The smallest absolute Gasteiger partial charge is 0.267 e. The zero-order valence-electron chi connectivity index (χ0n) is 11.7. The van der Waals surface area contributed by atoms with E-state index in [1.807, 2.05) is 0 Å². The van der Waals surface area contributed by atoms with Crippen molar-refractivity contribution in [2.75, 3.05) is 12.3 Å². The summed E-state index contributed by atoms with van der Waals surface area (Å²) in [4.78, 5) is 26.3. The molecule has 2 atom stereocenters. The summed E-state index contributed by atoms with van der Waals surface area (Å²) in [5.74, 6) is 0.392. The van der Waals surface area contributed by atoms with Crippen LogP contribution in [0.3, 0.4) is 0 Å². The molecule has 8 N–H and O–H groups in total. The number of H-pyrrole nitrogens is 2. The average molecular weight is 446 g/mol. The van der Waals surface area contributed by atoms with Gasteiger partial charge in [-0.3, -0.25) is 4.79 Å². The normalized spacial score (nSPS) is 20.2. The van der Waals surface area contributed by atoms with Crippen molar-refractivity contribution in [3.8, 4) is 0 Å². The van der Waals surface area contributed by atoms with Crippen LogP contribution in [0.15, 0.2) is 26.3 Å². The third-order valence-electron chi connectivity index (χ3n) is 3.38. The van der Waals surface area contributed by atoms with Gasteiger partial charge in [0.25, 0.3) is 5.91 Å². The molecule has 0 saturated carbocycles. The summed E-state index contributed by atoms with van der Waals surface area (Å²) < 4.78 is 1.49. The lowest BCUT2D eigenvalue weighted by Gasteiger charge is -2.17. The van der Waals surface area contributed by atoms with Gasteiger partial charge in [0.15, 0.2) is 11.9 Å². The number of hydrogen-bond donors (Lipinski definition) is 6. The van der Waals surface area contributed by atoms with Gasteiger partial charge >= 0.3 is 0 Å². The molecule has 3 heterocycles. The molecule has 1 aliphatic heterocycles. The number of carbonyl (C=O) groups excluding carboxylic acids is 1. The molecule has 0 aromatic carbocycles. The molecular formula is C12H14Br2N8O. The van der Waals surface area contributed by atoms with E-state index < -0.39 is 0 Å². The molecule has 0 radical (unpaired) electrons. The summed E-state index contributed by atoms with van der Waals surface area (Å²) in [6.07, 6.45) is 1.61. The van der Waals surface area contributed by atoms with Crippen LogP contribution in [0.5, 0.6) is 0 Å². The number of imidazole rings is 1. The van der Waals surface area contributed by atoms with E-state index in [-0.39, 0.29) is 18.0 Å². The van der Waals surface area contributed by atoms with E-state index in [2.05, 4.69) is 62.4 Å². The second-order valence-corrected chi connectivity index (χ2v) is 6.64. The van der Waals surface area contributed by atoms with Crippen LogP contribution in [-0.2, 0) is 0 Å². The van der Waals surface area contributed by atoms with Crippen molar-refractivity contribution < 1.29 is 4.79 Å². The molecule has 0 fully saturated rings. The van der Waals surface area contributed by atoms with Crippen molar-refractivity contribution in [2.45, 2.75) is 12.1 Å². The predicted molar refractivity (Wildman–Crippen MR) is 92.8 cm³/mol. The number of halogens is 2. The van der Waals surface area contributed by atoms with Gasteiger partial charge in [0.1, 0.15) is 11.7 Å². The van der Waals surface area contributed by atoms with Crippen LogP contribution in [0.2, 0.25) is 0 Å². The number of amides is 1. The highest BCUT2D eigenvalue weighted by molar-refractivity contribution is 9.13. The molecule has 0 bridgehead atoms. The summed E-state index contributed by atoms with van der Waals surface area (Å²) >= 11 is 6.62. The summed E-state index contributed by atoms with van der Waals surface area (Å²) in [5.41, 5.74) is 12.5. The van der Waals surface area contributed by atoms with Crippen LogP contribution < -0.4 is 22.1 Å². The standard InChI is InChI=1S/C12H14Br2N8O/c13-4-1-5(19-9(4)14)10(23)17-2-6-8(22-12(16)21-6)7-3-18-11(15)20-7/h1,3,6,8,19H,2H2,(H,17,23)(H3,15,18,20)(H3,16,21,22)/t6-,8?/m1/s1. The maximum absolute atomic E-state index is 12.2. The van der Waals surface area contributed by atoms with Crippen LogP contribution in [0.4, 0.5) is 5.95 Å². The monoisotopic (exact) mass is 444 g/mol. The molecule has 0 aliphatic carbocycles. The third-order valence-corrected chi connectivity index (χ3v) is 5.16. The molecule has 2 aromatic rings. The molecule has 1 unspecified atom stereocenters. The van der Waals surface area contributed by atoms with Crippen molar-refractivity contribution in [1.82, 2.24) is 25.6 Å². The van der Waals surface area contributed by atoms with Crippen molar-refractivity contribution in [3.05, 3.63) is 32.7 Å². The summed E-state index contributed by atoms with van der Waals surface area (Å²) in [6, 6.07) is 1.21.